The van der Waals surface area contributed by atoms with Crippen LogP contribution >= 0.6 is 0 Å². The van der Waals surface area contributed by atoms with Crippen molar-refractivity contribution in [3.63, 3.8) is 0 Å². The molecule has 2 N–H and O–H groups in total. The zero-order chi connectivity index (χ0) is 6.95. The Morgan fingerprint density at radius 3 is 2.11 bits per heavy atom. The number of hydrogen-bond acceptors (Lipinski definition) is 2. The van der Waals surface area contributed by atoms with Crippen molar-refractivity contribution in [3.05, 3.63) is 12.2 Å². The van der Waals surface area contributed by atoms with Crippen LogP contribution < -0.4 is 0 Å². The van der Waals surface area contributed by atoms with E-state index in [1.807, 2.05) is 12.2 Å². The third-order valence-corrected chi connectivity index (χ3v) is 0.991. The molecule has 0 spiro atoms. The quantitative estimate of drug-likeness (QED) is 0.425. The highest BCUT2D eigenvalue weighted by atomic mass is 16.3. The first-order valence-electron chi connectivity index (χ1n) is 3.28. The summed E-state index contributed by atoms with van der Waals surface area (Å²) in [5.41, 5.74) is 0. The highest BCUT2D eigenvalue weighted by Crippen LogP contribution is 1.90. The fourth-order valence-electron chi connectivity index (χ4n) is 0.519. The highest BCUT2D eigenvalue weighted by molar-refractivity contribution is 4.80. The Bertz CT molecular complexity index is 69.3. The van der Waals surface area contributed by atoms with Crippen LogP contribution in [-0.4, -0.2) is 23.4 Å². The number of aliphatic hydroxyl groups excluding tert-OH is 2. The molecule has 0 amide bonds. The second kappa shape index (κ2) is 7.66. The van der Waals surface area contributed by atoms with Crippen LogP contribution in [0.3, 0.4) is 0 Å². The van der Waals surface area contributed by atoms with Gasteiger partial charge in [-0.05, 0) is 19.3 Å². The Morgan fingerprint density at radius 1 is 0.889 bits per heavy atom. The first kappa shape index (κ1) is 8.66. The van der Waals surface area contributed by atoms with Gasteiger partial charge in [0.25, 0.3) is 0 Å². The monoisotopic (exact) mass is 130 g/mol. The third kappa shape index (κ3) is 7.66. The van der Waals surface area contributed by atoms with Gasteiger partial charge in [0.1, 0.15) is 0 Å². The van der Waals surface area contributed by atoms with Gasteiger partial charge in [-0.1, -0.05) is 12.2 Å². The van der Waals surface area contributed by atoms with Crippen molar-refractivity contribution in [2.45, 2.75) is 19.3 Å². The Morgan fingerprint density at radius 2 is 1.56 bits per heavy atom. The molecule has 2 heteroatoms. The summed E-state index contributed by atoms with van der Waals surface area (Å²) in [4.78, 5) is 0. The minimum Gasteiger partial charge on any atom is -0.396 e. The minimum absolute atomic E-state index is 0.218. The van der Waals surface area contributed by atoms with Crippen molar-refractivity contribution in [1.82, 2.24) is 0 Å². The third-order valence-electron chi connectivity index (χ3n) is 0.991. The SMILES string of the molecule is OCC/C=C/CCCO. The Labute approximate surface area is 55.8 Å². The van der Waals surface area contributed by atoms with Gasteiger partial charge in [-0.2, -0.15) is 0 Å². The van der Waals surface area contributed by atoms with E-state index in [0.29, 0.717) is 0 Å². The molecule has 9 heavy (non-hydrogen) atoms. The zero-order valence-electron chi connectivity index (χ0n) is 5.58. The van der Waals surface area contributed by atoms with Crippen LogP contribution in [0.4, 0.5) is 0 Å². The lowest BCUT2D eigenvalue weighted by molar-refractivity contribution is 0.289. The lowest BCUT2D eigenvalue weighted by Gasteiger charge is -1.86. The molecule has 0 aromatic rings. The molecule has 0 heterocycles. The number of allylic oxidation sites excluding steroid dienone is 1. The summed E-state index contributed by atoms with van der Waals surface area (Å²) in [5.74, 6) is 0. The topological polar surface area (TPSA) is 40.5 Å². The van der Waals surface area contributed by atoms with Crippen LogP contribution in [0.1, 0.15) is 19.3 Å². The Hall–Kier alpha value is -0.340. The summed E-state index contributed by atoms with van der Waals surface area (Å²) in [5, 5.41) is 16.7. The van der Waals surface area contributed by atoms with Crippen molar-refractivity contribution in [2.24, 2.45) is 0 Å². The van der Waals surface area contributed by atoms with E-state index in [0.717, 1.165) is 19.3 Å². The molecule has 0 unspecified atom stereocenters. The Balaban J connectivity index is 2.86. The largest absolute Gasteiger partial charge is 0.396 e. The van der Waals surface area contributed by atoms with Crippen molar-refractivity contribution >= 4 is 0 Å². The first-order valence-corrected chi connectivity index (χ1v) is 3.28. The standard InChI is InChI=1S/C7H14O2/c8-6-4-2-1-3-5-7-9/h1-2,8-9H,3-7H2/b2-1+. The van der Waals surface area contributed by atoms with Gasteiger partial charge in [0.15, 0.2) is 0 Å². The fraction of sp³-hybridized carbons (Fsp3) is 0.714. The molecule has 0 saturated heterocycles. The number of unbranched alkanes of at least 4 members (excludes halogenated alkanes) is 1. The van der Waals surface area contributed by atoms with Crippen LogP contribution in [-0.2, 0) is 0 Å². The molecule has 0 aromatic carbocycles. The number of aliphatic hydroxyl groups is 2. The van der Waals surface area contributed by atoms with Crippen molar-refractivity contribution < 1.29 is 10.2 Å². The van der Waals surface area contributed by atoms with Crippen molar-refractivity contribution in [3.8, 4) is 0 Å². The zero-order valence-corrected chi connectivity index (χ0v) is 5.58. The van der Waals surface area contributed by atoms with Crippen LogP contribution in [0.25, 0.3) is 0 Å². The molecule has 0 radical (unpaired) electrons. The maximum Gasteiger partial charge on any atom is 0.0465 e. The molecular weight excluding hydrogens is 116 g/mol. The maximum absolute atomic E-state index is 8.34. The van der Waals surface area contributed by atoms with Crippen LogP contribution in [0.15, 0.2) is 12.2 Å². The second-order valence-electron chi connectivity index (χ2n) is 1.85. The molecule has 0 aromatic heterocycles. The molecule has 54 valence electrons. The van der Waals surface area contributed by atoms with Gasteiger partial charge in [0, 0.05) is 13.2 Å². The molecule has 0 bridgehead atoms. The van der Waals surface area contributed by atoms with Crippen LogP contribution in [0.5, 0.6) is 0 Å². The first-order chi connectivity index (χ1) is 4.41. The molecule has 0 fully saturated rings. The molecule has 0 saturated carbocycles. The summed E-state index contributed by atoms with van der Waals surface area (Å²) in [6, 6.07) is 0. The molecule has 0 aliphatic rings. The molecule has 0 aliphatic heterocycles. The van der Waals surface area contributed by atoms with E-state index in [2.05, 4.69) is 0 Å². The highest BCUT2D eigenvalue weighted by Gasteiger charge is 1.77. The van der Waals surface area contributed by atoms with E-state index in [1.165, 1.54) is 0 Å². The van der Waals surface area contributed by atoms with Crippen molar-refractivity contribution in [2.75, 3.05) is 13.2 Å². The van der Waals surface area contributed by atoms with E-state index in [-0.39, 0.29) is 13.2 Å². The van der Waals surface area contributed by atoms with Gasteiger partial charge in [-0.3, -0.25) is 0 Å². The van der Waals surface area contributed by atoms with E-state index < -0.39 is 0 Å². The van der Waals surface area contributed by atoms with E-state index in [4.69, 9.17) is 10.2 Å². The minimum atomic E-state index is 0.218. The summed E-state index contributed by atoms with van der Waals surface area (Å²) >= 11 is 0. The summed E-state index contributed by atoms with van der Waals surface area (Å²) in [7, 11) is 0. The summed E-state index contributed by atoms with van der Waals surface area (Å²) < 4.78 is 0. The summed E-state index contributed by atoms with van der Waals surface area (Å²) in [6.45, 7) is 0.471. The predicted molar refractivity (Wildman–Crippen MR) is 37.2 cm³/mol. The lowest BCUT2D eigenvalue weighted by atomic mass is 10.3. The molecule has 0 aliphatic carbocycles. The average molecular weight is 130 g/mol. The smallest absolute Gasteiger partial charge is 0.0465 e. The van der Waals surface area contributed by atoms with Gasteiger partial charge in [-0.25, -0.2) is 0 Å². The lowest BCUT2D eigenvalue weighted by Crippen LogP contribution is -1.79. The molecule has 0 atom stereocenters. The van der Waals surface area contributed by atoms with Crippen LogP contribution in [0, 0.1) is 0 Å². The predicted octanol–water partition coefficient (Wildman–Crippen LogP) is 0.698. The molecule has 0 rings (SSSR count). The van der Waals surface area contributed by atoms with E-state index in [1.54, 1.807) is 0 Å². The van der Waals surface area contributed by atoms with Gasteiger partial charge in [-0.15, -0.1) is 0 Å². The molecule has 2 nitrogen and oxygen atoms in total. The Kier molecular flexibility index (Phi) is 7.37. The average Bonchev–Trinajstić information content (AvgIpc) is 1.89. The van der Waals surface area contributed by atoms with E-state index >= 15 is 0 Å². The van der Waals surface area contributed by atoms with Crippen LogP contribution in [0.2, 0.25) is 0 Å². The number of rotatable bonds is 5. The van der Waals surface area contributed by atoms with Crippen molar-refractivity contribution in [1.29, 1.82) is 0 Å². The van der Waals surface area contributed by atoms with E-state index in [9.17, 15) is 0 Å². The van der Waals surface area contributed by atoms with Gasteiger partial charge in [0.05, 0.1) is 0 Å². The second-order valence-corrected chi connectivity index (χ2v) is 1.85. The number of hydrogen-bond donors (Lipinski definition) is 2. The summed E-state index contributed by atoms with van der Waals surface area (Å²) in [6.07, 6.45) is 6.37. The van der Waals surface area contributed by atoms with Gasteiger partial charge < -0.3 is 10.2 Å². The fourth-order valence-corrected chi connectivity index (χ4v) is 0.519. The normalized spacial score (nSPS) is 10.9. The van der Waals surface area contributed by atoms with Gasteiger partial charge in [0.2, 0.25) is 0 Å². The van der Waals surface area contributed by atoms with Gasteiger partial charge >= 0.3 is 0 Å². The molecular formula is C7H14O2. The maximum atomic E-state index is 8.34.